The lowest BCUT2D eigenvalue weighted by atomic mass is 10.1. The Kier molecular flexibility index (Phi) is 6.82. The quantitative estimate of drug-likeness (QED) is 0.407. The van der Waals surface area contributed by atoms with Gasteiger partial charge in [-0.1, -0.05) is 39.5 Å². The predicted molar refractivity (Wildman–Crippen MR) is 79.1 cm³/mol. The van der Waals surface area contributed by atoms with Gasteiger partial charge in [0.15, 0.2) is 0 Å². The van der Waals surface area contributed by atoms with Gasteiger partial charge in [0.25, 0.3) is 0 Å². The average molecular weight is 264 g/mol. The van der Waals surface area contributed by atoms with Crippen molar-refractivity contribution in [1.29, 1.82) is 0 Å². The molecule has 0 aromatic carbocycles. The van der Waals surface area contributed by atoms with E-state index in [1.165, 1.54) is 25.7 Å². The Labute approximate surface area is 117 Å². The minimum Gasteiger partial charge on any atom is -0.618 e. The van der Waals surface area contributed by atoms with Gasteiger partial charge in [0.05, 0.1) is 0 Å². The molecule has 0 fully saturated rings. The zero-order chi connectivity index (χ0) is 14.3. The van der Waals surface area contributed by atoms with E-state index in [9.17, 15) is 5.21 Å². The van der Waals surface area contributed by atoms with Crippen LogP contribution in [0.15, 0.2) is 0 Å². The van der Waals surface area contributed by atoms with E-state index in [0.717, 1.165) is 53.2 Å². The van der Waals surface area contributed by atoms with Crippen LogP contribution in [0.4, 0.5) is 0 Å². The van der Waals surface area contributed by atoms with Crippen LogP contribution in [-0.2, 0) is 12.8 Å². The fraction of sp³-hybridized carbons (Fsp3) is 0.750. The second kappa shape index (κ2) is 8.13. The summed E-state index contributed by atoms with van der Waals surface area (Å²) in [6.07, 6.45) is 8.75. The maximum absolute atomic E-state index is 12.3. The van der Waals surface area contributed by atoms with Crippen molar-refractivity contribution < 1.29 is 4.73 Å². The number of hydrogen-bond acceptors (Lipinski definition) is 2. The molecule has 0 aliphatic heterocycles. The van der Waals surface area contributed by atoms with Crippen LogP contribution in [0.5, 0.6) is 0 Å². The van der Waals surface area contributed by atoms with E-state index in [0.29, 0.717) is 0 Å². The Morgan fingerprint density at radius 1 is 0.947 bits per heavy atom. The maximum atomic E-state index is 12.3. The maximum Gasteiger partial charge on any atom is 0.214 e. The number of hydrogen-bond donors (Lipinski definition) is 0. The molecule has 0 N–H and O–H groups in total. The molecule has 0 amide bonds. The molecular formula is C16H28N2O. The average Bonchev–Trinajstić information content (AvgIpc) is 2.39. The molecule has 0 saturated carbocycles. The number of rotatable bonds is 8. The Balaban J connectivity index is 2.82. The minimum absolute atomic E-state index is 0.799. The van der Waals surface area contributed by atoms with Crippen LogP contribution >= 0.6 is 0 Å². The highest BCUT2D eigenvalue weighted by molar-refractivity contribution is 5.13. The molecule has 0 aliphatic carbocycles. The van der Waals surface area contributed by atoms with E-state index in [2.05, 4.69) is 18.8 Å². The second-order valence-electron chi connectivity index (χ2n) is 5.38. The Hall–Kier alpha value is -1.12. The van der Waals surface area contributed by atoms with Crippen molar-refractivity contribution in [3.63, 3.8) is 0 Å². The highest BCUT2D eigenvalue weighted by Gasteiger charge is 2.17. The largest absolute Gasteiger partial charge is 0.618 e. The van der Waals surface area contributed by atoms with Crippen molar-refractivity contribution in [2.45, 2.75) is 79.1 Å². The monoisotopic (exact) mass is 264 g/mol. The van der Waals surface area contributed by atoms with Crippen molar-refractivity contribution >= 4 is 0 Å². The molecule has 1 heterocycles. The van der Waals surface area contributed by atoms with E-state index in [-0.39, 0.29) is 0 Å². The lowest BCUT2D eigenvalue weighted by molar-refractivity contribution is -0.622. The van der Waals surface area contributed by atoms with Crippen LogP contribution < -0.4 is 4.73 Å². The molecule has 0 radical (unpaired) electrons. The molecule has 1 aromatic heterocycles. The molecule has 0 atom stereocenters. The third-order valence-corrected chi connectivity index (χ3v) is 3.72. The highest BCUT2D eigenvalue weighted by atomic mass is 16.5. The summed E-state index contributed by atoms with van der Waals surface area (Å²) in [5, 5.41) is 12.3. The lowest BCUT2D eigenvalue weighted by Crippen LogP contribution is -2.38. The summed E-state index contributed by atoms with van der Waals surface area (Å²) in [5.41, 5.74) is 3.57. The number of nitrogens with zero attached hydrogens (tertiary/aromatic N) is 2. The summed E-state index contributed by atoms with van der Waals surface area (Å²) >= 11 is 0. The van der Waals surface area contributed by atoms with Gasteiger partial charge < -0.3 is 5.21 Å². The summed E-state index contributed by atoms with van der Waals surface area (Å²) in [5.74, 6) is 0. The summed E-state index contributed by atoms with van der Waals surface area (Å²) < 4.78 is 1.12. The smallest absolute Gasteiger partial charge is 0.214 e. The van der Waals surface area contributed by atoms with E-state index in [1.807, 2.05) is 13.8 Å². The molecule has 1 rings (SSSR count). The van der Waals surface area contributed by atoms with Gasteiger partial charge in [-0.2, -0.15) is 4.73 Å². The van der Waals surface area contributed by atoms with Crippen LogP contribution in [0.1, 0.15) is 75.1 Å². The van der Waals surface area contributed by atoms with Gasteiger partial charge in [0.2, 0.25) is 11.4 Å². The molecule has 0 aliphatic rings. The van der Waals surface area contributed by atoms with Gasteiger partial charge >= 0.3 is 0 Å². The standard InChI is InChI=1S/C16H28N2O/c1-5-7-9-11-15-14(4)18(19)16(13(3)17-15)12-10-8-6-2/h5-12H2,1-4H3. The Morgan fingerprint density at radius 2 is 1.53 bits per heavy atom. The molecule has 108 valence electrons. The van der Waals surface area contributed by atoms with Gasteiger partial charge in [-0.05, 0) is 26.2 Å². The van der Waals surface area contributed by atoms with Crippen LogP contribution in [0.25, 0.3) is 0 Å². The number of aromatic nitrogens is 2. The lowest BCUT2D eigenvalue weighted by Gasteiger charge is -2.12. The normalized spacial score (nSPS) is 10.9. The zero-order valence-corrected chi connectivity index (χ0v) is 13.0. The van der Waals surface area contributed by atoms with Gasteiger partial charge in [-0.15, -0.1) is 0 Å². The molecular weight excluding hydrogens is 236 g/mol. The number of aryl methyl sites for hydroxylation is 2. The van der Waals surface area contributed by atoms with Crippen molar-refractivity contribution in [3.05, 3.63) is 28.0 Å². The molecule has 0 saturated heterocycles. The summed E-state index contributed by atoms with van der Waals surface area (Å²) in [6.45, 7) is 8.25. The first kappa shape index (κ1) is 15.9. The fourth-order valence-corrected chi connectivity index (χ4v) is 2.42. The third kappa shape index (κ3) is 4.48. The fourth-order valence-electron chi connectivity index (χ4n) is 2.42. The van der Waals surface area contributed by atoms with E-state index in [1.54, 1.807) is 0 Å². The first-order valence-electron chi connectivity index (χ1n) is 7.70. The van der Waals surface area contributed by atoms with Gasteiger partial charge in [-0.25, -0.2) is 4.98 Å². The SMILES string of the molecule is CCCCCc1nc(C)c(CCCCC)[n+]([O-])c1C. The van der Waals surface area contributed by atoms with Crippen LogP contribution in [-0.4, -0.2) is 4.98 Å². The first-order valence-corrected chi connectivity index (χ1v) is 7.70. The molecule has 1 aromatic rings. The second-order valence-corrected chi connectivity index (χ2v) is 5.38. The van der Waals surface area contributed by atoms with Crippen molar-refractivity contribution in [3.8, 4) is 0 Å². The van der Waals surface area contributed by atoms with E-state index >= 15 is 0 Å². The molecule has 3 nitrogen and oxygen atoms in total. The van der Waals surface area contributed by atoms with Gasteiger partial charge in [0, 0.05) is 13.3 Å². The summed E-state index contributed by atoms with van der Waals surface area (Å²) in [7, 11) is 0. The zero-order valence-electron chi connectivity index (χ0n) is 13.0. The topological polar surface area (TPSA) is 39.8 Å². The Morgan fingerprint density at radius 3 is 2.11 bits per heavy atom. The summed E-state index contributed by atoms with van der Waals surface area (Å²) in [4.78, 5) is 4.66. The van der Waals surface area contributed by atoms with E-state index < -0.39 is 0 Å². The first-order chi connectivity index (χ1) is 9.11. The van der Waals surface area contributed by atoms with Crippen LogP contribution in [0.3, 0.4) is 0 Å². The minimum atomic E-state index is 0.799. The third-order valence-electron chi connectivity index (χ3n) is 3.72. The predicted octanol–water partition coefficient (Wildman–Crippen LogP) is 3.80. The van der Waals surface area contributed by atoms with Crippen molar-refractivity contribution in [1.82, 2.24) is 4.98 Å². The summed E-state index contributed by atoms with van der Waals surface area (Å²) in [6, 6.07) is 0. The molecule has 3 heteroatoms. The number of unbranched alkanes of at least 4 members (excludes halogenated alkanes) is 4. The molecule has 0 spiro atoms. The molecule has 0 unspecified atom stereocenters. The molecule has 19 heavy (non-hydrogen) atoms. The van der Waals surface area contributed by atoms with Gasteiger partial charge in [-0.3, -0.25) is 0 Å². The van der Waals surface area contributed by atoms with Crippen molar-refractivity contribution in [2.24, 2.45) is 0 Å². The van der Waals surface area contributed by atoms with Crippen molar-refractivity contribution in [2.75, 3.05) is 0 Å². The van der Waals surface area contributed by atoms with Gasteiger partial charge in [0.1, 0.15) is 11.4 Å². The Bertz CT molecular complexity index is 402. The van der Waals surface area contributed by atoms with Crippen LogP contribution in [0, 0.1) is 19.1 Å². The highest BCUT2D eigenvalue weighted by Crippen LogP contribution is 2.12. The van der Waals surface area contributed by atoms with E-state index in [4.69, 9.17) is 0 Å². The molecule has 0 bridgehead atoms. The van der Waals surface area contributed by atoms with Crippen LogP contribution in [0.2, 0.25) is 0 Å².